The molecular formula is C13H26N4O3S. The van der Waals surface area contributed by atoms with Gasteiger partial charge in [0, 0.05) is 46.8 Å². The normalized spacial score (nSPS) is 28.9. The fourth-order valence-corrected chi connectivity index (χ4v) is 4.06. The lowest BCUT2D eigenvalue weighted by molar-refractivity contribution is -0.143. The number of piperidine rings is 1. The summed E-state index contributed by atoms with van der Waals surface area (Å²) in [5.74, 6) is 0.150. The van der Waals surface area contributed by atoms with Crippen molar-refractivity contribution in [3.05, 3.63) is 0 Å². The van der Waals surface area contributed by atoms with Gasteiger partial charge in [-0.2, -0.15) is 17.0 Å². The monoisotopic (exact) mass is 318 g/mol. The van der Waals surface area contributed by atoms with Crippen molar-refractivity contribution in [3.63, 3.8) is 0 Å². The van der Waals surface area contributed by atoms with E-state index in [1.807, 2.05) is 11.8 Å². The maximum Gasteiger partial charge on any atom is 0.281 e. The molecule has 2 fully saturated rings. The molecule has 1 amide bonds. The van der Waals surface area contributed by atoms with Crippen LogP contribution in [0.1, 0.15) is 19.8 Å². The summed E-state index contributed by atoms with van der Waals surface area (Å²) in [6, 6.07) is 0. The van der Waals surface area contributed by atoms with E-state index in [0.717, 1.165) is 19.4 Å². The molecule has 2 saturated heterocycles. The number of hydrogen-bond donors (Lipinski definition) is 1. The Labute approximate surface area is 127 Å². The van der Waals surface area contributed by atoms with Crippen LogP contribution in [0, 0.1) is 5.41 Å². The van der Waals surface area contributed by atoms with Crippen LogP contribution < -0.4 is 5.32 Å². The van der Waals surface area contributed by atoms with Gasteiger partial charge in [0.2, 0.25) is 5.91 Å². The second-order valence-corrected chi connectivity index (χ2v) is 8.46. The van der Waals surface area contributed by atoms with Gasteiger partial charge >= 0.3 is 0 Å². The van der Waals surface area contributed by atoms with Gasteiger partial charge in [-0.1, -0.05) is 0 Å². The highest BCUT2D eigenvalue weighted by Crippen LogP contribution is 2.28. The molecule has 8 heteroatoms. The number of carbonyl (C=O) groups excluding carboxylic acids is 1. The van der Waals surface area contributed by atoms with Crippen LogP contribution >= 0.6 is 0 Å². The van der Waals surface area contributed by atoms with Crippen molar-refractivity contribution < 1.29 is 13.2 Å². The van der Waals surface area contributed by atoms with Crippen molar-refractivity contribution in [1.29, 1.82) is 0 Å². The third kappa shape index (κ3) is 3.39. The lowest BCUT2D eigenvalue weighted by Crippen LogP contribution is -2.57. The maximum atomic E-state index is 12.7. The molecule has 1 N–H and O–H groups in total. The largest absolute Gasteiger partial charge is 0.340 e. The fraction of sp³-hybridized carbons (Fsp3) is 0.923. The highest BCUT2D eigenvalue weighted by Gasteiger charge is 2.39. The number of rotatable bonds is 3. The van der Waals surface area contributed by atoms with Crippen LogP contribution in [-0.2, 0) is 15.0 Å². The molecule has 2 heterocycles. The van der Waals surface area contributed by atoms with Gasteiger partial charge in [0.1, 0.15) is 0 Å². The highest BCUT2D eigenvalue weighted by atomic mass is 32.2. The van der Waals surface area contributed by atoms with Crippen molar-refractivity contribution in [1.82, 2.24) is 18.8 Å². The van der Waals surface area contributed by atoms with Gasteiger partial charge in [0.15, 0.2) is 0 Å². The maximum absolute atomic E-state index is 12.7. The molecule has 122 valence electrons. The van der Waals surface area contributed by atoms with E-state index in [0.29, 0.717) is 32.7 Å². The number of nitrogens with zero attached hydrogens (tertiary/aromatic N) is 3. The van der Waals surface area contributed by atoms with E-state index in [-0.39, 0.29) is 11.3 Å². The first-order valence-electron chi connectivity index (χ1n) is 7.45. The van der Waals surface area contributed by atoms with Crippen LogP contribution in [0.4, 0.5) is 0 Å². The average molecular weight is 318 g/mol. The quantitative estimate of drug-likeness (QED) is 0.749. The van der Waals surface area contributed by atoms with Crippen LogP contribution in [-0.4, -0.2) is 81.2 Å². The van der Waals surface area contributed by atoms with Crippen molar-refractivity contribution in [2.45, 2.75) is 19.8 Å². The molecule has 0 saturated carbocycles. The molecule has 0 bridgehead atoms. The van der Waals surface area contributed by atoms with E-state index in [1.54, 1.807) is 0 Å². The molecule has 2 aliphatic rings. The predicted octanol–water partition coefficient (Wildman–Crippen LogP) is -0.673. The lowest BCUT2D eigenvalue weighted by Gasteiger charge is -2.41. The van der Waals surface area contributed by atoms with Crippen molar-refractivity contribution >= 4 is 16.1 Å². The minimum Gasteiger partial charge on any atom is -0.340 e. The molecule has 7 nitrogen and oxygen atoms in total. The van der Waals surface area contributed by atoms with Crippen LogP contribution in [0.15, 0.2) is 0 Å². The fourth-order valence-electron chi connectivity index (χ4n) is 2.97. The molecule has 2 aliphatic heterocycles. The summed E-state index contributed by atoms with van der Waals surface area (Å²) in [4.78, 5) is 14.5. The second-order valence-electron chi connectivity index (χ2n) is 6.32. The third-order valence-electron chi connectivity index (χ3n) is 4.43. The number of carbonyl (C=O) groups is 1. The molecule has 21 heavy (non-hydrogen) atoms. The first kappa shape index (κ1) is 16.7. The summed E-state index contributed by atoms with van der Waals surface area (Å²) < 4.78 is 26.8. The summed E-state index contributed by atoms with van der Waals surface area (Å²) in [5, 5.41) is 3.28. The molecule has 0 spiro atoms. The summed E-state index contributed by atoms with van der Waals surface area (Å²) in [6.07, 6.45) is 1.91. The first-order chi connectivity index (χ1) is 9.77. The van der Waals surface area contributed by atoms with Gasteiger partial charge in [-0.25, -0.2) is 0 Å². The zero-order valence-corrected chi connectivity index (χ0v) is 13.9. The minimum atomic E-state index is -3.37. The first-order valence-corrected chi connectivity index (χ1v) is 8.85. The summed E-state index contributed by atoms with van der Waals surface area (Å²) >= 11 is 0. The smallest absolute Gasteiger partial charge is 0.281 e. The van der Waals surface area contributed by atoms with Crippen molar-refractivity contribution in [2.75, 3.05) is 53.4 Å². The van der Waals surface area contributed by atoms with Gasteiger partial charge in [-0.3, -0.25) is 4.79 Å². The zero-order valence-electron chi connectivity index (χ0n) is 13.1. The van der Waals surface area contributed by atoms with Crippen LogP contribution in [0.5, 0.6) is 0 Å². The number of nitrogens with one attached hydrogen (secondary N) is 1. The minimum absolute atomic E-state index is 0.150. The van der Waals surface area contributed by atoms with Crippen molar-refractivity contribution in [3.8, 4) is 0 Å². The molecule has 0 aromatic heterocycles. The Balaban J connectivity index is 1.96. The average Bonchev–Trinajstić information content (AvgIpc) is 2.47. The van der Waals surface area contributed by atoms with Crippen LogP contribution in [0.3, 0.4) is 0 Å². The Morgan fingerprint density at radius 2 is 1.81 bits per heavy atom. The summed E-state index contributed by atoms with van der Waals surface area (Å²) in [6.45, 7) is 5.37. The number of amides is 1. The molecule has 0 aromatic rings. The van der Waals surface area contributed by atoms with Gasteiger partial charge in [-0.15, -0.1) is 0 Å². The van der Waals surface area contributed by atoms with Gasteiger partial charge in [-0.05, 0) is 26.3 Å². The van der Waals surface area contributed by atoms with Crippen LogP contribution in [0.25, 0.3) is 0 Å². The molecule has 0 radical (unpaired) electrons. The van der Waals surface area contributed by atoms with Gasteiger partial charge in [0.25, 0.3) is 10.2 Å². The molecule has 0 aromatic carbocycles. The van der Waals surface area contributed by atoms with Gasteiger partial charge < -0.3 is 10.2 Å². The Kier molecular flexibility index (Phi) is 4.92. The highest BCUT2D eigenvalue weighted by molar-refractivity contribution is 7.86. The SMILES string of the molecule is CN(C)S(=O)(=O)N1CCN(C(=O)C2(C)CCCNC2)CC1. The molecule has 0 aliphatic carbocycles. The Hall–Kier alpha value is -0.700. The standard InChI is InChI=1S/C13H26N4O3S/c1-13(5-4-6-14-11-13)12(18)16-7-9-17(10-8-16)21(19,20)15(2)3/h14H,4-11H2,1-3H3. The molecule has 1 unspecified atom stereocenters. The summed E-state index contributed by atoms with van der Waals surface area (Å²) in [5.41, 5.74) is -0.346. The topological polar surface area (TPSA) is 73.0 Å². The Morgan fingerprint density at radius 1 is 1.19 bits per heavy atom. The van der Waals surface area contributed by atoms with Crippen molar-refractivity contribution in [2.24, 2.45) is 5.41 Å². The molecular weight excluding hydrogens is 292 g/mol. The van der Waals surface area contributed by atoms with Crippen LogP contribution in [0.2, 0.25) is 0 Å². The second kappa shape index (κ2) is 6.20. The Morgan fingerprint density at radius 3 is 2.29 bits per heavy atom. The molecule has 2 rings (SSSR count). The van der Waals surface area contributed by atoms with E-state index < -0.39 is 10.2 Å². The zero-order chi connectivity index (χ0) is 15.7. The third-order valence-corrected chi connectivity index (χ3v) is 6.37. The Bertz CT molecular complexity index is 478. The number of hydrogen-bond acceptors (Lipinski definition) is 4. The predicted molar refractivity (Wildman–Crippen MR) is 81.0 cm³/mol. The molecule has 1 atom stereocenters. The van der Waals surface area contributed by atoms with E-state index in [1.165, 1.54) is 22.7 Å². The summed E-state index contributed by atoms with van der Waals surface area (Å²) in [7, 11) is -0.314. The van der Waals surface area contributed by atoms with Gasteiger partial charge in [0.05, 0.1) is 5.41 Å². The lowest BCUT2D eigenvalue weighted by atomic mass is 9.81. The van der Waals surface area contributed by atoms with E-state index >= 15 is 0 Å². The van der Waals surface area contributed by atoms with E-state index in [9.17, 15) is 13.2 Å². The van der Waals surface area contributed by atoms with E-state index in [2.05, 4.69) is 5.32 Å². The van der Waals surface area contributed by atoms with E-state index in [4.69, 9.17) is 0 Å². The number of piperazine rings is 1.